The Bertz CT molecular complexity index is 512. The zero-order valence-corrected chi connectivity index (χ0v) is 9.99. The van der Waals surface area contributed by atoms with Crippen LogP contribution in [0.5, 0.6) is 0 Å². The van der Waals surface area contributed by atoms with Crippen LogP contribution in [-0.4, -0.2) is 9.78 Å². The molecule has 0 aliphatic rings. The Balaban J connectivity index is 2.54. The molecule has 0 unspecified atom stereocenters. The maximum absolute atomic E-state index is 6.05. The highest BCUT2D eigenvalue weighted by Gasteiger charge is 2.09. The maximum atomic E-state index is 6.05. The van der Waals surface area contributed by atoms with Gasteiger partial charge in [-0.25, -0.2) is 4.68 Å². The second-order valence-corrected chi connectivity index (χ2v) is 4.11. The van der Waals surface area contributed by atoms with Crippen LogP contribution in [0.15, 0.2) is 24.4 Å². The highest BCUT2D eigenvalue weighted by molar-refractivity contribution is 5.50. The molecule has 1 heterocycles. The van der Waals surface area contributed by atoms with Gasteiger partial charge in [-0.05, 0) is 31.9 Å². The van der Waals surface area contributed by atoms with Crippen LogP contribution in [0.1, 0.15) is 23.6 Å². The van der Waals surface area contributed by atoms with Crippen molar-refractivity contribution in [1.29, 1.82) is 0 Å². The SMILES string of the molecule is CCc1cnn(-c2ccc(C)cc2C)c1N. The molecule has 3 heteroatoms. The van der Waals surface area contributed by atoms with Crippen molar-refractivity contribution in [2.45, 2.75) is 27.2 Å². The van der Waals surface area contributed by atoms with Crippen LogP contribution < -0.4 is 5.73 Å². The third-order valence-corrected chi connectivity index (χ3v) is 2.85. The van der Waals surface area contributed by atoms with Crippen molar-refractivity contribution in [1.82, 2.24) is 9.78 Å². The van der Waals surface area contributed by atoms with Gasteiger partial charge in [-0.15, -0.1) is 0 Å². The summed E-state index contributed by atoms with van der Waals surface area (Å²) in [5, 5.41) is 4.34. The molecule has 16 heavy (non-hydrogen) atoms. The summed E-state index contributed by atoms with van der Waals surface area (Å²) in [6, 6.07) is 6.28. The molecule has 84 valence electrons. The first-order valence-electron chi connectivity index (χ1n) is 5.53. The second-order valence-electron chi connectivity index (χ2n) is 4.11. The van der Waals surface area contributed by atoms with E-state index in [0.29, 0.717) is 0 Å². The molecule has 0 aliphatic carbocycles. The average Bonchev–Trinajstić information content (AvgIpc) is 2.60. The van der Waals surface area contributed by atoms with Crippen molar-refractivity contribution in [3.8, 4) is 5.69 Å². The molecule has 0 saturated heterocycles. The van der Waals surface area contributed by atoms with Crippen molar-refractivity contribution in [2.24, 2.45) is 0 Å². The molecule has 1 aromatic heterocycles. The van der Waals surface area contributed by atoms with E-state index >= 15 is 0 Å². The fourth-order valence-electron chi connectivity index (χ4n) is 1.90. The van der Waals surface area contributed by atoms with E-state index in [1.807, 2.05) is 10.9 Å². The molecular formula is C13H17N3. The van der Waals surface area contributed by atoms with Crippen molar-refractivity contribution in [3.05, 3.63) is 41.1 Å². The Morgan fingerprint density at radius 2 is 2.06 bits per heavy atom. The summed E-state index contributed by atoms with van der Waals surface area (Å²) in [6.07, 6.45) is 2.76. The summed E-state index contributed by atoms with van der Waals surface area (Å²) in [5.74, 6) is 0.745. The maximum Gasteiger partial charge on any atom is 0.130 e. The fraction of sp³-hybridized carbons (Fsp3) is 0.308. The summed E-state index contributed by atoms with van der Waals surface area (Å²) in [4.78, 5) is 0. The monoisotopic (exact) mass is 215 g/mol. The van der Waals surface area contributed by atoms with E-state index in [0.717, 1.165) is 23.5 Å². The molecule has 0 amide bonds. The normalized spacial score (nSPS) is 10.7. The topological polar surface area (TPSA) is 43.8 Å². The van der Waals surface area contributed by atoms with Gasteiger partial charge in [-0.1, -0.05) is 24.6 Å². The summed E-state index contributed by atoms with van der Waals surface area (Å²) < 4.78 is 1.81. The highest BCUT2D eigenvalue weighted by Crippen LogP contribution is 2.20. The number of anilines is 1. The Morgan fingerprint density at radius 3 is 2.62 bits per heavy atom. The molecule has 0 radical (unpaired) electrons. The zero-order valence-electron chi connectivity index (χ0n) is 9.99. The van der Waals surface area contributed by atoms with E-state index in [-0.39, 0.29) is 0 Å². The van der Waals surface area contributed by atoms with Crippen molar-refractivity contribution >= 4 is 5.82 Å². The summed E-state index contributed by atoms with van der Waals surface area (Å²) >= 11 is 0. The van der Waals surface area contributed by atoms with Crippen LogP contribution in [0.3, 0.4) is 0 Å². The Kier molecular flexibility index (Phi) is 2.69. The van der Waals surface area contributed by atoms with Gasteiger partial charge in [0.1, 0.15) is 5.82 Å². The molecule has 0 aliphatic heterocycles. The number of rotatable bonds is 2. The third kappa shape index (κ3) is 1.69. The largest absolute Gasteiger partial charge is 0.383 e. The second kappa shape index (κ2) is 4.00. The number of hydrogen-bond acceptors (Lipinski definition) is 2. The quantitative estimate of drug-likeness (QED) is 0.837. The van der Waals surface area contributed by atoms with Gasteiger partial charge in [0.15, 0.2) is 0 Å². The number of nitrogens with two attached hydrogens (primary N) is 1. The molecule has 2 rings (SSSR count). The molecule has 2 N–H and O–H groups in total. The number of nitrogen functional groups attached to an aromatic ring is 1. The number of hydrogen-bond donors (Lipinski definition) is 1. The average molecular weight is 215 g/mol. The van der Waals surface area contributed by atoms with Crippen LogP contribution in [0, 0.1) is 13.8 Å². The lowest BCUT2D eigenvalue weighted by Gasteiger charge is -2.09. The number of aromatic nitrogens is 2. The molecule has 0 saturated carbocycles. The smallest absolute Gasteiger partial charge is 0.130 e. The number of nitrogens with zero attached hydrogens (tertiary/aromatic N) is 2. The minimum atomic E-state index is 0.745. The lowest BCUT2D eigenvalue weighted by atomic mass is 10.1. The summed E-state index contributed by atoms with van der Waals surface area (Å²) in [6.45, 7) is 6.25. The van der Waals surface area contributed by atoms with Gasteiger partial charge < -0.3 is 5.73 Å². The lowest BCUT2D eigenvalue weighted by molar-refractivity contribution is 0.882. The van der Waals surface area contributed by atoms with E-state index in [9.17, 15) is 0 Å². The van der Waals surface area contributed by atoms with E-state index in [1.54, 1.807) is 0 Å². The Labute approximate surface area is 95.9 Å². The van der Waals surface area contributed by atoms with Gasteiger partial charge >= 0.3 is 0 Å². The van der Waals surface area contributed by atoms with E-state index in [1.165, 1.54) is 11.1 Å². The van der Waals surface area contributed by atoms with Crippen molar-refractivity contribution in [3.63, 3.8) is 0 Å². The standard InChI is InChI=1S/C13H17N3/c1-4-11-8-15-16(13(11)14)12-6-5-9(2)7-10(12)3/h5-8H,4,14H2,1-3H3. The van der Waals surface area contributed by atoms with Crippen LogP contribution in [0.25, 0.3) is 5.69 Å². The molecular weight excluding hydrogens is 198 g/mol. The van der Waals surface area contributed by atoms with Crippen LogP contribution in [0.4, 0.5) is 5.82 Å². The first-order valence-corrected chi connectivity index (χ1v) is 5.53. The van der Waals surface area contributed by atoms with Crippen LogP contribution in [-0.2, 0) is 6.42 Å². The van der Waals surface area contributed by atoms with Gasteiger partial charge in [-0.2, -0.15) is 5.10 Å². The Morgan fingerprint density at radius 1 is 1.31 bits per heavy atom. The fourth-order valence-corrected chi connectivity index (χ4v) is 1.90. The number of benzene rings is 1. The van der Waals surface area contributed by atoms with Crippen molar-refractivity contribution < 1.29 is 0 Å². The summed E-state index contributed by atoms with van der Waals surface area (Å²) in [5.41, 5.74) is 10.7. The number of aryl methyl sites for hydroxylation is 3. The molecule has 0 bridgehead atoms. The van der Waals surface area contributed by atoms with Gasteiger partial charge in [0.05, 0.1) is 11.9 Å². The predicted octanol–water partition coefficient (Wildman–Crippen LogP) is 2.63. The highest BCUT2D eigenvalue weighted by atomic mass is 15.3. The molecule has 0 spiro atoms. The zero-order chi connectivity index (χ0) is 11.7. The van der Waals surface area contributed by atoms with Gasteiger partial charge in [-0.3, -0.25) is 0 Å². The first kappa shape index (κ1) is 10.7. The van der Waals surface area contributed by atoms with E-state index in [2.05, 4.69) is 44.1 Å². The van der Waals surface area contributed by atoms with Crippen LogP contribution >= 0.6 is 0 Å². The molecule has 0 atom stereocenters. The van der Waals surface area contributed by atoms with Gasteiger partial charge in [0.25, 0.3) is 0 Å². The van der Waals surface area contributed by atoms with Crippen LogP contribution in [0.2, 0.25) is 0 Å². The Hall–Kier alpha value is -1.77. The van der Waals surface area contributed by atoms with Gasteiger partial charge in [0, 0.05) is 5.56 Å². The molecule has 1 aromatic carbocycles. The predicted molar refractivity (Wildman–Crippen MR) is 66.8 cm³/mol. The first-order chi connectivity index (χ1) is 7.63. The molecule has 2 aromatic rings. The molecule has 3 nitrogen and oxygen atoms in total. The summed E-state index contributed by atoms with van der Waals surface area (Å²) in [7, 11) is 0. The minimum Gasteiger partial charge on any atom is -0.383 e. The van der Waals surface area contributed by atoms with Crippen molar-refractivity contribution in [2.75, 3.05) is 5.73 Å². The van der Waals surface area contributed by atoms with E-state index < -0.39 is 0 Å². The molecule has 0 fully saturated rings. The van der Waals surface area contributed by atoms with Gasteiger partial charge in [0.2, 0.25) is 0 Å². The lowest BCUT2D eigenvalue weighted by Crippen LogP contribution is -2.04. The third-order valence-electron chi connectivity index (χ3n) is 2.85. The van der Waals surface area contributed by atoms with E-state index in [4.69, 9.17) is 5.73 Å². The minimum absolute atomic E-state index is 0.745.